The zero-order valence-corrected chi connectivity index (χ0v) is 14.8. The van der Waals surface area contributed by atoms with Crippen molar-refractivity contribution >= 4 is 22.5 Å². The van der Waals surface area contributed by atoms with Gasteiger partial charge in [0.15, 0.2) is 0 Å². The predicted molar refractivity (Wildman–Crippen MR) is 104 cm³/mol. The van der Waals surface area contributed by atoms with E-state index >= 15 is 0 Å². The highest BCUT2D eigenvalue weighted by Crippen LogP contribution is 2.28. The summed E-state index contributed by atoms with van der Waals surface area (Å²) >= 11 is 0. The van der Waals surface area contributed by atoms with E-state index in [0.29, 0.717) is 5.92 Å². The molecule has 134 valence electrons. The molecule has 26 heavy (non-hydrogen) atoms. The van der Waals surface area contributed by atoms with E-state index in [0.717, 1.165) is 47.9 Å². The lowest BCUT2D eigenvalue weighted by Gasteiger charge is -2.31. The molecule has 1 aliphatic carbocycles. The van der Waals surface area contributed by atoms with E-state index in [9.17, 15) is 4.79 Å². The first kappa shape index (κ1) is 16.7. The molecule has 0 radical (unpaired) electrons. The van der Waals surface area contributed by atoms with Crippen molar-refractivity contribution < 1.29 is 9.21 Å². The second kappa shape index (κ2) is 7.65. The maximum Gasteiger partial charge on any atom is 0.319 e. The molecule has 3 aromatic rings. The van der Waals surface area contributed by atoms with Gasteiger partial charge in [-0.2, -0.15) is 0 Å². The lowest BCUT2D eigenvalue weighted by atomic mass is 9.82. The van der Waals surface area contributed by atoms with Crippen LogP contribution in [0.25, 0.3) is 10.8 Å². The normalized spacial score (nSPS) is 20.0. The third kappa shape index (κ3) is 3.74. The fraction of sp³-hybridized carbons (Fsp3) is 0.318. The summed E-state index contributed by atoms with van der Waals surface area (Å²) in [5, 5.41) is 8.42. The van der Waals surface area contributed by atoms with Crippen molar-refractivity contribution in [2.45, 2.75) is 38.1 Å². The fourth-order valence-corrected chi connectivity index (χ4v) is 3.99. The highest BCUT2D eigenvalue weighted by atomic mass is 16.3. The van der Waals surface area contributed by atoms with E-state index in [1.54, 1.807) is 6.26 Å². The van der Waals surface area contributed by atoms with Gasteiger partial charge in [0.05, 0.1) is 12.0 Å². The smallest absolute Gasteiger partial charge is 0.319 e. The minimum atomic E-state index is -0.127. The molecule has 1 aliphatic rings. The Hall–Kier alpha value is -2.75. The third-order valence-electron chi connectivity index (χ3n) is 5.31. The Morgan fingerprint density at radius 2 is 1.85 bits per heavy atom. The number of urea groups is 1. The topological polar surface area (TPSA) is 54.3 Å². The number of carbonyl (C=O) groups is 1. The van der Waals surface area contributed by atoms with Crippen LogP contribution in [0.15, 0.2) is 65.3 Å². The number of nitrogens with one attached hydrogen (secondary N) is 2. The molecule has 0 saturated heterocycles. The molecular weight excluding hydrogens is 324 g/mol. The van der Waals surface area contributed by atoms with Crippen molar-refractivity contribution in [3.8, 4) is 0 Å². The van der Waals surface area contributed by atoms with Crippen LogP contribution in [0.1, 0.15) is 31.4 Å². The number of rotatable bonds is 4. The lowest BCUT2D eigenvalue weighted by Crippen LogP contribution is -2.44. The number of amides is 2. The summed E-state index contributed by atoms with van der Waals surface area (Å²) in [5.74, 6) is 1.42. The molecule has 2 N–H and O–H groups in total. The Morgan fingerprint density at radius 1 is 1.00 bits per heavy atom. The van der Waals surface area contributed by atoms with Crippen molar-refractivity contribution in [2.75, 3.05) is 5.32 Å². The molecule has 1 heterocycles. The van der Waals surface area contributed by atoms with Crippen LogP contribution in [0.5, 0.6) is 0 Å². The Balaban J connectivity index is 1.44. The molecule has 0 aliphatic heterocycles. The molecule has 0 spiro atoms. The fourth-order valence-electron chi connectivity index (χ4n) is 3.99. The second-order valence-corrected chi connectivity index (χ2v) is 7.06. The van der Waals surface area contributed by atoms with Crippen molar-refractivity contribution in [1.82, 2.24) is 5.32 Å². The van der Waals surface area contributed by atoms with Crippen LogP contribution in [-0.2, 0) is 6.42 Å². The summed E-state index contributed by atoms with van der Waals surface area (Å²) in [6.07, 6.45) is 7.12. The number of hydrogen-bond donors (Lipinski definition) is 2. The summed E-state index contributed by atoms with van der Waals surface area (Å²) in [6, 6.07) is 18.1. The van der Waals surface area contributed by atoms with E-state index in [-0.39, 0.29) is 12.1 Å². The lowest BCUT2D eigenvalue weighted by molar-refractivity contribution is 0.224. The molecule has 4 heteroatoms. The minimum Gasteiger partial charge on any atom is -0.469 e. The Kier molecular flexibility index (Phi) is 4.91. The average molecular weight is 348 g/mol. The largest absolute Gasteiger partial charge is 0.469 e. The maximum atomic E-state index is 12.6. The first-order chi connectivity index (χ1) is 12.8. The van der Waals surface area contributed by atoms with Crippen molar-refractivity contribution in [3.63, 3.8) is 0 Å². The summed E-state index contributed by atoms with van der Waals surface area (Å²) in [4.78, 5) is 12.6. The molecule has 2 unspecified atom stereocenters. The Morgan fingerprint density at radius 3 is 2.73 bits per heavy atom. The van der Waals surface area contributed by atoms with Gasteiger partial charge in [-0.05, 0) is 42.3 Å². The van der Waals surface area contributed by atoms with Crippen LogP contribution in [0, 0.1) is 5.92 Å². The number of furan rings is 1. The first-order valence-corrected chi connectivity index (χ1v) is 9.37. The quantitative estimate of drug-likeness (QED) is 0.667. The van der Waals surface area contributed by atoms with Crippen molar-refractivity contribution in [2.24, 2.45) is 5.92 Å². The zero-order chi connectivity index (χ0) is 17.8. The number of benzene rings is 2. The van der Waals surface area contributed by atoms with E-state index in [1.165, 1.54) is 6.42 Å². The second-order valence-electron chi connectivity index (χ2n) is 7.06. The summed E-state index contributed by atoms with van der Waals surface area (Å²) in [5.41, 5.74) is 0.846. The van der Waals surface area contributed by atoms with Crippen LogP contribution in [0.3, 0.4) is 0 Å². The van der Waals surface area contributed by atoms with Gasteiger partial charge in [0.1, 0.15) is 5.76 Å². The monoisotopic (exact) mass is 348 g/mol. The molecule has 2 amide bonds. The van der Waals surface area contributed by atoms with Crippen LogP contribution in [-0.4, -0.2) is 12.1 Å². The number of carbonyl (C=O) groups excluding carboxylic acids is 1. The van der Waals surface area contributed by atoms with Crippen molar-refractivity contribution in [1.29, 1.82) is 0 Å². The third-order valence-corrected chi connectivity index (χ3v) is 5.31. The first-order valence-electron chi connectivity index (χ1n) is 9.37. The van der Waals surface area contributed by atoms with Gasteiger partial charge >= 0.3 is 6.03 Å². The standard InChI is InChI=1S/C22H24N2O2/c25-22(24-21-13-5-9-16-7-1-3-11-19(16)21)23-20-12-4-2-8-17(20)15-18-10-6-14-26-18/h1,3,5-7,9-11,13-14,17,20H,2,4,8,12,15H2,(H2,23,24,25). The van der Waals surface area contributed by atoms with E-state index in [2.05, 4.69) is 22.8 Å². The van der Waals surface area contributed by atoms with Gasteiger partial charge in [0.2, 0.25) is 0 Å². The van der Waals surface area contributed by atoms with Gasteiger partial charge in [-0.1, -0.05) is 49.2 Å². The molecular formula is C22H24N2O2. The summed E-state index contributed by atoms with van der Waals surface area (Å²) in [6.45, 7) is 0. The van der Waals surface area contributed by atoms with Gasteiger partial charge in [-0.3, -0.25) is 0 Å². The molecule has 1 fully saturated rings. The molecule has 1 saturated carbocycles. The van der Waals surface area contributed by atoms with Gasteiger partial charge < -0.3 is 15.1 Å². The highest BCUT2D eigenvalue weighted by molar-refractivity contribution is 6.01. The molecule has 0 bridgehead atoms. The summed E-state index contributed by atoms with van der Waals surface area (Å²) in [7, 11) is 0. The molecule has 4 rings (SSSR count). The number of hydrogen-bond acceptors (Lipinski definition) is 2. The van der Waals surface area contributed by atoms with E-state index < -0.39 is 0 Å². The predicted octanol–water partition coefficient (Wildman–Crippen LogP) is 5.36. The van der Waals surface area contributed by atoms with Gasteiger partial charge in [0, 0.05) is 17.8 Å². The zero-order valence-electron chi connectivity index (χ0n) is 14.8. The molecule has 2 atom stereocenters. The Bertz CT molecular complexity index is 867. The van der Waals surface area contributed by atoms with Gasteiger partial charge in [0.25, 0.3) is 0 Å². The number of fused-ring (bicyclic) bond motifs is 1. The highest BCUT2D eigenvalue weighted by Gasteiger charge is 2.27. The summed E-state index contributed by atoms with van der Waals surface area (Å²) < 4.78 is 5.51. The van der Waals surface area contributed by atoms with E-state index in [1.807, 2.05) is 42.5 Å². The van der Waals surface area contributed by atoms with Crippen LogP contribution < -0.4 is 10.6 Å². The molecule has 2 aromatic carbocycles. The minimum absolute atomic E-state index is 0.127. The Labute approximate surface area is 153 Å². The van der Waals surface area contributed by atoms with Crippen LogP contribution in [0.4, 0.5) is 10.5 Å². The van der Waals surface area contributed by atoms with Gasteiger partial charge in [-0.25, -0.2) is 4.79 Å². The molecule has 1 aromatic heterocycles. The van der Waals surface area contributed by atoms with Crippen LogP contribution >= 0.6 is 0 Å². The SMILES string of the molecule is O=C(Nc1cccc2ccccc12)NC1CCCCC1Cc1ccco1. The van der Waals surface area contributed by atoms with Crippen molar-refractivity contribution in [3.05, 3.63) is 66.6 Å². The molecule has 4 nitrogen and oxygen atoms in total. The van der Waals surface area contributed by atoms with Gasteiger partial charge in [-0.15, -0.1) is 0 Å². The van der Waals surface area contributed by atoms with E-state index in [4.69, 9.17) is 4.42 Å². The average Bonchev–Trinajstić information content (AvgIpc) is 3.17. The maximum absolute atomic E-state index is 12.6. The number of anilines is 1. The van der Waals surface area contributed by atoms with Crippen LogP contribution in [0.2, 0.25) is 0 Å².